The Bertz CT molecular complexity index is 577. The van der Waals surface area contributed by atoms with Crippen LogP contribution < -0.4 is 9.47 Å². The highest BCUT2D eigenvalue weighted by Gasteiger charge is 2.18. The van der Waals surface area contributed by atoms with Crippen molar-refractivity contribution in [2.24, 2.45) is 5.92 Å². The summed E-state index contributed by atoms with van der Waals surface area (Å²) in [6, 6.07) is 6.02. The van der Waals surface area contributed by atoms with Crippen molar-refractivity contribution in [3.8, 4) is 11.5 Å². The van der Waals surface area contributed by atoms with Gasteiger partial charge in [-0.1, -0.05) is 25.3 Å². The zero-order chi connectivity index (χ0) is 18.1. The number of ether oxygens (including phenoxy) is 2. The van der Waals surface area contributed by atoms with Crippen LogP contribution >= 0.6 is 0 Å². The lowest BCUT2D eigenvalue weighted by Crippen LogP contribution is -2.21. The van der Waals surface area contributed by atoms with E-state index in [2.05, 4.69) is 17.9 Å². The van der Waals surface area contributed by atoms with E-state index in [1.807, 2.05) is 18.3 Å². The SMILES string of the molecule is CCN(/C=C/C(=O)C1CCCCC1)CCc1ccc(OC)c(OC)c1. The van der Waals surface area contributed by atoms with Crippen molar-refractivity contribution in [2.75, 3.05) is 27.3 Å². The van der Waals surface area contributed by atoms with Crippen molar-refractivity contribution in [1.82, 2.24) is 4.90 Å². The maximum absolute atomic E-state index is 12.3. The molecule has 0 unspecified atom stereocenters. The van der Waals surface area contributed by atoms with Crippen molar-refractivity contribution >= 4 is 5.78 Å². The number of carbonyl (C=O) groups excluding carboxylic acids is 1. The number of benzene rings is 1. The molecule has 138 valence electrons. The monoisotopic (exact) mass is 345 g/mol. The van der Waals surface area contributed by atoms with Crippen LogP contribution in [0, 0.1) is 5.92 Å². The molecular formula is C21H31NO3. The summed E-state index contributed by atoms with van der Waals surface area (Å²) in [5.41, 5.74) is 1.20. The number of nitrogens with zero attached hydrogens (tertiary/aromatic N) is 1. The van der Waals surface area contributed by atoms with Gasteiger partial charge in [0.15, 0.2) is 17.3 Å². The first-order chi connectivity index (χ1) is 12.2. The van der Waals surface area contributed by atoms with Gasteiger partial charge in [0, 0.05) is 25.2 Å². The van der Waals surface area contributed by atoms with E-state index in [0.29, 0.717) is 5.78 Å². The first-order valence-corrected chi connectivity index (χ1v) is 9.35. The summed E-state index contributed by atoms with van der Waals surface area (Å²) < 4.78 is 10.6. The van der Waals surface area contributed by atoms with Crippen LogP contribution in [0.2, 0.25) is 0 Å². The number of methoxy groups -OCH3 is 2. The Labute approximate surface area is 151 Å². The molecule has 4 nitrogen and oxygen atoms in total. The molecule has 0 heterocycles. The number of carbonyl (C=O) groups is 1. The summed E-state index contributed by atoms with van der Waals surface area (Å²) in [7, 11) is 3.30. The Balaban J connectivity index is 1.89. The molecule has 1 saturated carbocycles. The Kier molecular flexibility index (Phi) is 7.83. The Hall–Kier alpha value is -1.97. The summed E-state index contributed by atoms with van der Waals surface area (Å²) in [4.78, 5) is 14.5. The van der Waals surface area contributed by atoms with E-state index < -0.39 is 0 Å². The molecule has 25 heavy (non-hydrogen) atoms. The van der Waals surface area contributed by atoms with Crippen LogP contribution in [0.25, 0.3) is 0 Å². The zero-order valence-electron chi connectivity index (χ0n) is 15.8. The van der Waals surface area contributed by atoms with Gasteiger partial charge >= 0.3 is 0 Å². The van der Waals surface area contributed by atoms with Crippen LogP contribution in [-0.4, -0.2) is 38.0 Å². The maximum Gasteiger partial charge on any atom is 0.160 e. The summed E-state index contributed by atoms with van der Waals surface area (Å²) in [5, 5.41) is 0. The number of hydrogen-bond acceptors (Lipinski definition) is 4. The second-order valence-corrected chi connectivity index (χ2v) is 6.62. The molecule has 1 aromatic carbocycles. The van der Waals surface area contributed by atoms with Gasteiger partial charge in [-0.3, -0.25) is 4.79 Å². The number of rotatable bonds is 9. The highest BCUT2D eigenvalue weighted by Crippen LogP contribution is 2.28. The second kappa shape index (κ2) is 10.1. The third-order valence-corrected chi connectivity index (χ3v) is 5.00. The number of allylic oxidation sites excluding steroid dienone is 1. The van der Waals surface area contributed by atoms with Gasteiger partial charge < -0.3 is 14.4 Å². The van der Waals surface area contributed by atoms with Gasteiger partial charge in [-0.2, -0.15) is 0 Å². The van der Waals surface area contributed by atoms with Crippen molar-refractivity contribution in [3.63, 3.8) is 0 Å². The largest absolute Gasteiger partial charge is 0.493 e. The maximum atomic E-state index is 12.3. The van der Waals surface area contributed by atoms with E-state index >= 15 is 0 Å². The zero-order valence-corrected chi connectivity index (χ0v) is 15.8. The van der Waals surface area contributed by atoms with Gasteiger partial charge in [0.05, 0.1) is 14.2 Å². The topological polar surface area (TPSA) is 38.8 Å². The Morgan fingerprint density at radius 2 is 1.88 bits per heavy atom. The molecule has 0 radical (unpaired) electrons. The standard InChI is InChI=1S/C21H31NO3/c1-4-22(15-13-19(23)18-8-6-5-7-9-18)14-12-17-10-11-20(24-2)21(16-17)25-3/h10-11,13,15-16,18H,4-9,12,14H2,1-3H3/b15-13+. The van der Waals surface area contributed by atoms with Gasteiger partial charge in [-0.25, -0.2) is 0 Å². The van der Waals surface area contributed by atoms with Crippen LogP contribution in [0.5, 0.6) is 11.5 Å². The molecule has 0 saturated heterocycles. The summed E-state index contributed by atoms with van der Waals surface area (Å²) in [5.74, 6) is 2.04. The van der Waals surface area contributed by atoms with Gasteiger partial charge in [0.25, 0.3) is 0 Å². The smallest absolute Gasteiger partial charge is 0.160 e. The van der Waals surface area contributed by atoms with E-state index in [1.165, 1.54) is 24.8 Å². The lowest BCUT2D eigenvalue weighted by Gasteiger charge is -2.21. The van der Waals surface area contributed by atoms with E-state index in [4.69, 9.17) is 9.47 Å². The van der Waals surface area contributed by atoms with Crippen LogP contribution in [0.1, 0.15) is 44.6 Å². The molecule has 0 N–H and O–H groups in total. The molecule has 1 fully saturated rings. The fourth-order valence-corrected chi connectivity index (χ4v) is 3.35. The fourth-order valence-electron chi connectivity index (χ4n) is 3.35. The van der Waals surface area contributed by atoms with Crippen molar-refractivity contribution in [2.45, 2.75) is 45.4 Å². The predicted molar refractivity (Wildman–Crippen MR) is 101 cm³/mol. The van der Waals surface area contributed by atoms with Crippen molar-refractivity contribution in [3.05, 3.63) is 36.0 Å². The third kappa shape index (κ3) is 5.80. The predicted octanol–water partition coefficient (Wildman–Crippen LogP) is 4.23. The first-order valence-electron chi connectivity index (χ1n) is 9.35. The van der Waals surface area contributed by atoms with Crippen molar-refractivity contribution < 1.29 is 14.3 Å². The van der Waals surface area contributed by atoms with Crippen LogP contribution in [0.3, 0.4) is 0 Å². The minimum atomic E-state index is 0.245. The van der Waals surface area contributed by atoms with Gasteiger partial charge in [-0.15, -0.1) is 0 Å². The summed E-state index contributed by atoms with van der Waals surface area (Å²) in [6.07, 6.45) is 10.4. The molecule has 0 bridgehead atoms. The molecule has 2 rings (SSSR count). The van der Waals surface area contributed by atoms with Gasteiger partial charge in [-0.05, 0) is 50.0 Å². The third-order valence-electron chi connectivity index (χ3n) is 5.00. The minimum Gasteiger partial charge on any atom is -0.493 e. The lowest BCUT2D eigenvalue weighted by molar-refractivity contribution is -0.119. The lowest BCUT2D eigenvalue weighted by atomic mass is 9.86. The molecule has 0 aromatic heterocycles. The average Bonchev–Trinajstić information content (AvgIpc) is 2.68. The molecule has 0 aliphatic heterocycles. The Morgan fingerprint density at radius 3 is 2.52 bits per heavy atom. The molecule has 1 aliphatic rings. The van der Waals surface area contributed by atoms with Gasteiger partial charge in [0.1, 0.15) is 0 Å². The molecular weight excluding hydrogens is 314 g/mol. The summed E-state index contributed by atoms with van der Waals surface area (Å²) in [6.45, 7) is 3.88. The van der Waals surface area contributed by atoms with E-state index in [0.717, 1.165) is 43.9 Å². The van der Waals surface area contributed by atoms with Crippen LogP contribution in [-0.2, 0) is 11.2 Å². The molecule has 0 atom stereocenters. The first kappa shape index (κ1) is 19.4. The molecule has 0 spiro atoms. The number of likely N-dealkylation sites (N-methyl/N-ethyl adjacent to an activating group) is 1. The van der Waals surface area contributed by atoms with Crippen LogP contribution in [0.4, 0.5) is 0 Å². The molecule has 4 heteroatoms. The number of ketones is 1. The minimum absolute atomic E-state index is 0.245. The summed E-state index contributed by atoms with van der Waals surface area (Å²) >= 11 is 0. The van der Waals surface area contributed by atoms with Crippen LogP contribution in [0.15, 0.2) is 30.5 Å². The Morgan fingerprint density at radius 1 is 1.16 bits per heavy atom. The van der Waals surface area contributed by atoms with E-state index in [9.17, 15) is 4.79 Å². The molecule has 1 aromatic rings. The van der Waals surface area contributed by atoms with E-state index in [1.54, 1.807) is 20.3 Å². The number of hydrogen-bond donors (Lipinski definition) is 0. The van der Waals surface area contributed by atoms with E-state index in [-0.39, 0.29) is 5.92 Å². The average molecular weight is 345 g/mol. The normalized spacial score (nSPS) is 15.3. The molecule has 1 aliphatic carbocycles. The van der Waals surface area contributed by atoms with Crippen molar-refractivity contribution in [1.29, 1.82) is 0 Å². The second-order valence-electron chi connectivity index (χ2n) is 6.62. The fraction of sp³-hybridized carbons (Fsp3) is 0.571. The highest BCUT2D eigenvalue weighted by atomic mass is 16.5. The highest BCUT2D eigenvalue weighted by molar-refractivity contribution is 5.91. The molecule has 0 amide bonds. The van der Waals surface area contributed by atoms with Gasteiger partial charge in [0.2, 0.25) is 0 Å². The quantitative estimate of drug-likeness (QED) is 0.628.